The molecule has 2 nitrogen and oxygen atoms in total. The van der Waals surface area contributed by atoms with E-state index >= 15 is 0 Å². The van der Waals surface area contributed by atoms with E-state index in [1.54, 1.807) is 0 Å². The number of rotatable bonds is 2. The first-order valence-electron chi connectivity index (χ1n) is 5.04. The van der Waals surface area contributed by atoms with E-state index in [0.29, 0.717) is 5.92 Å². The normalized spacial score (nSPS) is 39.5. The van der Waals surface area contributed by atoms with Gasteiger partial charge in [0.25, 0.3) is 0 Å². The van der Waals surface area contributed by atoms with Crippen LogP contribution in [0.15, 0.2) is 0 Å². The number of aliphatic hydroxyl groups is 1. The smallest absolute Gasteiger partial charge is 0.0915 e. The van der Waals surface area contributed by atoms with Crippen LogP contribution < -0.4 is 0 Å². The van der Waals surface area contributed by atoms with Crippen LogP contribution in [-0.2, 0) is 4.74 Å². The number of hydrogen-bond donors (Lipinski definition) is 1. The third kappa shape index (κ3) is 1.27. The summed E-state index contributed by atoms with van der Waals surface area (Å²) >= 11 is 0. The minimum atomic E-state index is -0.217. The molecular formula is C10H18O2. The average molecular weight is 170 g/mol. The molecule has 1 saturated carbocycles. The van der Waals surface area contributed by atoms with Gasteiger partial charge in [0, 0.05) is 6.61 Å². The zero-order valence-electron chi connectivity index (χ0n) is 7.75. The molecule has 2 atom stereocenters. The van der Waals surface area contributed by atoms with Crippen LogP contribution >= 0.6 is 0 Å². The van der Waals surface area contributed by atoms with Crippen LogP contribution in [-0.4, -0.2) is 23.4 Å². The van der Waals surface area contributed by atoms with Gasteiger partial charge in [-0.3, -0.25) is 0 Å². The molecule has 1 N–H and O–H groups in total. The lowest BCUT2D eigenvalue weighted by Crippen LogP contribution is -2.45. The zero-order valence-corrected chi connectivity index (χ0v) is 7.75. The van der Waals surface area contributed by atoms with E-state index in [1.807, 2.05) is 0 Å². The topological polar surface area (TPSA) is 29.5 Å². The molecule has 70 valence electrons. The SMILES string of the molecule is CC1(C(O)C2CCC2)CCCO1. The fraction of sp³-hybridized carbons (Fsp3) is 1.00. The predicted molar refractivity (Wildman–Crippen MR) is 46.9 cm³/mol. The minimum Gasteiger partial charge on any atom is -0.390 e. The molecule has 1 saturated heterocycles. The van der Waals surface area contributed by atoms with Gasteiger partial charge in [-0.1, -0.05) is 6.42 Å². The average Bonchev–Trinajstić information content (AvgIpc) is 2.33. The van der Waals surface area contributed by atoms with Gasteiger partial charge in [0.1, 0.15) is 0 Å². The number of hydrogen-bond acceptors (Lipinski definition) is 2. The van der Waals surface area contributed by atoms with Crippen LogP contribution in [0, 0.1) is 5.92 Å². The Bertz CT molecular complexity index is 157. The summed E-state index contributed by atoms with van der Waals surface area (Å²) in [5, 5.41) is 10.0. The van der Waals surface area contributed by atoms with Crippen LogP contribution in [0.3, 0.4) is 0 Å². The van der Waals surface area contributed by atoms with Crippen molar-refractivity contribution in [1.29, 1.82) is 0 Å². The summed E-state index contributed by atoms with van der Waals surface area (Å²) < 4.78 is 5.61. The van der Waals surface area contributed by atoms with Crippen molar-refractivity contribution < 1.29 is 9.84 Å². The molecule has 0 aromatic carbocycles. The first kappa shape index (κ1) is 8.52. The van der Waals surface area contributed by atoms with Crippen LogP contribution in [0.4, 0.5) is 0 Å². The summed E-state index contributed by atoms with van der Waals surface area (Å²) in [5.41, 5.74) is -0.217. The van der Waals surface area contributed by atoms with Gasteiger partial charge in [0.15, 0.2) is 0 Å². The number of ether oxygens (including phenoxy) is 1. The van der Waals surface area contributed by atoms with Crippen LogP contribution in [0.25, 0.3) is 0 Å². The Hall–Kier alpha value is -0.0800. The molecule has 1 aliphatic heterocycles. The van der Waals surface area contributed by atoms with E-state index < -0.39 is 0 Å². The summed E-state index contributed by atoms with van der Waals surface area (Å²) in [7, 11) is 0. The van der Waals surface area contributed by atoms with Crippen molar-refractivity contribution in [2.45, 2.75) is 50.7 Å². The van der Waals surface area contributed by atoms with E-state index in [2.05, 4.69) is 6.92 Å². The Morgan fingerprint density at radius 2 is 2.17 bits per heavy atom. The van der Waals surface area contributed by atoms with Crippen molar-refractivity contribution in [2.24, 2.45) is 5.92 Å². The Balaban J connectivity index is 1.96. The van der Waals surface area contributed by atoms with Gasteiger partial charge in [0.05, 0.1) is 11.7 Å². The van der Waals surface area contributed by atoms with Gasteiger partial charge in [-0.25, -0.2) is 0 Å². The molecule has 1 aliphatic carbocycles. The quantitative estimate of drug-likeness (QED) is 0.683. The molecule has 2 aliphatic rings. The molecular weight excluding hydrogens is 152 g/mol. The van der Waals surface area contributed by atoms with E-state index in [1.165, 1.54) is 19.3 Å². The molecule has 0 aromatic heterocycles. The molecule has 2 unspecified atom stereocenters. The second kappa shape index (κ2) is 3.00. The summed E-state index contributed by atoms with van der Waals surface area (Å²) in [5.74, 6) is 0.521. The molecule has 0 bridgehead atoms. The fourth-order valence-electron chi connectivity index (χ4n) is 2.29. The molecule has 0 amide bonds. The van der Waals surface area contributed by atoms with Crippen molar-refractivity contribution in [3.8, 4) is 0 Å². The first-order valence-corrected chi connectivity index (χ1v) is 5.04. The summed E-state index contributed by atoms with van der Waals surface area (Å²) in [6, 6.07) is 0. The maximum atomic E-state index is 10.0. The molecule has 2 fully saturated rings. The van der Waals surface area contributed by atoms with Gasteiger partial charge in [-0.05, 0) is 38.5 Å². The second-order valence-corrected chi connectivity index (χ2v) is 4.40. The minimum absolute atomic E-state index is 0.214. The lowest BCUT2D eigenvalue weighted by Gasteiger charge is -2.39. The third-order valence-electron chi connectivity index (χ3n) is 3.47. The van der Waals surface area contributed by atoms with E-state index in [0.717, 1.165) is 19.4 Å². The molecule has 2 heteroatoms. The van der Waals surface area contributed by atoms with Crippen molar-refractivity contribution in [3.63, 3.8) is 0 Å². The van der Waals surface area contributed by atoms with Crippen molar-refractivity contribution in [3.05, 3.63) is 0 Å². The molecule has 0 aromatic rings. The predicted octanol–water partition coefficient (Wildman–Crippen LogP) is 1.72. The largest absolute Gasteiger partial charge is 0.390 e. The zero-order chi connectivity index (χ0) is 8.60. The molecule has 1 heterocycles. The van der Waals surface area contributed by atoms with Gasteiger partial charge < -0.3 is 9.84 Å². The van der Waals surface area contributed by atoms with Gasteiger partial charge in [-0.15, -0.1) is 0 Å². The summed E-state index contributed by atoms with van der Waals surface area (Å²) in [6.07, 6.45) is 5.61. The van der Waals surface area contributed by atoms with E-state index in [9.17, 15) is 5.11 Å². The van der Waals surface area contributed by atoms with Crippen LogP contribution in [0.2, 0.25) is 0 Å². The highest BCUT2D eigenvalue weighted by atomic mass is 16.5. The van der Waals surface area contributed by atoms with Gasteiger partial charge >= 0.3 is 0 Å². The summed E-state index contributed by atoms with van der Waals surface area (Å²) in [6.45, 7) is 2.89. The Morgan fingerprint density at radius 1 is 1.42 bits per heavy atom. The fourth-order valence-corrected chi connectivity index (χ4v) is 2.29. The lowest BCUT2D eigenvalue weighted by atomic mass is 9.74. The highest BCUT2D eigenvalue weighted by Gasteiger charge is 2.43. The highest BCUT2D eigenvalue weighted by molar-refractivity contribution is 4.93. The maximum Gasteiger partial charge on any atom is 0.0915 e. The third-order valence-corrected chi connectivity index (χ3v) is 3.47. The lowest BCUT2D eigenvalue weighted by molar-refractivity contribution is -0.114. The first-order chi connectivity index (χ1) is 5.72. The van der Waals surface area contributed by atoms with Crippen LogP contribution in [0.5, 0.6) is 0 Å². The molecule has 0 spiro atoms. The van der Waals surface area contributed by atoms with Crippen molar-refractivity contribution in [2.75, 3.05) is 6.61 Å². The number of aliphatic hydroxyl groups excluding tert-OH is 1. The second-order valence-electron chi connectivity index (χ2n) is 4.40. The van der Waals surface area contributed by atoms with Gasteiger partial charge in [-0.2, -0.15) is 0 Å². The Labute approximate surface area is 73.9 Å². The van der Waals surface area contributed by atoms with Crippen molar-refractivity contribution >= 4 is 0 Å². The van der Waals surface area contributed by atoms with Gasteiger partial charge in [0.2, 0.25) is 0 Å². The maximum absolute atomic E-state index is 10.0. The van der Waals surface area contributed by atoms with E-state index in [-0.39, 0.29) is 11.7 Å². The molecule has 2 rings (SSSR count). The molecule has 0 radical (unpaired) electrons. The Kier molecular flexibility index (Phi) is 2.13. The van der Waals surface area contributed by atoms with E-state index in [4.69, 9.17) is 4.74 Å². The van der Waals surface area contributed by atoms with Crippen molar-refractivity contribution in [1.82, 2.24) is 0 Å². The summed E-state index contributed by atoms with van der Waals surface area (Å²) in [4.78, 5) is 0. The monoisotopic (exact) mass is 170 g/mol. The Morgan fingerprint density at radius 3 is 2.58 bits per heavy atom. The van der Waals surface area contributed by atoms with Crippen LogP contribution in [0.1, 0.15) is 39.0 Å². The standard InChI is InChI=1S/C10H18O2/c1-10(6-3-7-12-10)9(11)8-4-2-5-8/h8-9,11H,2-7H2,1H3. The highest BCUT2D eigenvalue weighted by Crippen LogP contribution is 2.39. The molecule has 12 heavy (non-hydrogen) atoms.